The number of hydrogen-bond donors (Lipinski definition) is 1. The van der Waals surface area contributed by atoms with Crippen LogP contribution in [0.2, 0.25) is 5.15 Å². The minimum Gasteiger partial charge on any atom is -0.477 e. The van der Waals surface area contributed by atoms with E-state index in [4.69, 9.17) is 28.6 Å². The highest BCUT2D eigenvalue weighted by Crippen LogP contribution is 2.08. The summed E-state index contributed by atoms with van der Waals surface area (Å²) in [4.78, 5) is 3.99. The molecule has 0 fully saturated rings. The van der Waals surface area contributed by atoms with E-state index >= 15 is 0 Å². The van der Waals surface area contributed by atoms with Crippen LogP contribution in [-0.2, 0) is 11.3 Å². The molecule has 0 atom stereocenters. The summed E-state index contributed by atoms with van der Waals surface area (Å²) >= 11 is 10.6. The highest BCUT2D eigenvalue weighted by molar-refractivity contribution is 7.80. The average Bonchev–Trinajstić information content (AvgIpc) is 2.64. The summed E-state index contributed by atoms with van der Waals surface area (Å²) in [7, 11) is 0. The molecule has 1 aromatic heterocycles. The lowest BCUT2D eigenvalue weighted by molar-refractivity contribution is 0.358. The van der Waals surface area contributed by atoms with E-state index in [0.29, 0.717) is 23.4 Å². The monoisotopic (exact) mass is 240 g/mol. The van der Waals surface area contributed by atoms with Crippen LogP contribution < -0.4 is 5.32 Å². The van der Waals surface area contributed by atoms with E-state index in [1.807, 2.05) is 12.1 Å². The second-order valence-electron chi connectivity index (χ2n) is 3.12. The first-order valence-electron chi connectivity index (χ1n) is 4.46. The van der Waals surface area contributed by atoms with Crippen LogP contribution in [-0.4, -0.2) is 16.6 Å². The number of rotatable bonds is 3. The van der Waals surface area contributed by atoms with Crippen molar-refractivity contribution in [3.63, 3.8) is 0 Å². The molecule has 0 aliphatic carbocycles. The Morgan fingerprint density at radius 3 is 3.00 bits per heavy atom. The van der Waals surface area contributed by atoms with Crippen LogP contribution >= 0.6 is 23.8 Å². The van der Waals surface area contributed by atoms with Gasteiger partial charge in [0.05, 0.1) is 5.70 Å². The van der Waals surface area contributed by atoms with Gasteiger partial charge in [0.2, 0.25) is 0 Å². The third-order valence-corrected chi connectivity index (χ3v) is 2.43. The van der Waals surface area contributed by atoms with Crippen LogP contribution in [0.1, 0.15) is 5.56 Å². The van der Waals surface area contributed by atoms with Crippen LogP contribution in [0.15, 0.2) is 30.1 Å². The number of ether oxygens (including phenoxy) is 1. The number of pyridine rings is 1. The van der Waals surface area contributed by atoms with Gasteiger partial charge in [0.25, 0.3) is 0 Å². The Morgan fingerprint density at radius 1 is 1.53 bits per heavy atom. The summed E-state index contributed by atoms with van der Waals surface area (Å²) in [6, 6.07) is 3.69. The molecule has 78 valence electrons. The lowest BCUT2D eigenvalue weighted by Gasteiger charge is -2.05. The van der Waals surface area contributed by atoms with Gasteiger partial charge in [-0.1, -0.05) is 17.7 Å². The Kier molecular flexibility index (Phi) is 3.18. The summed E-state index contributed by atoms with van der Waals surface area (Å²) in [6.45, 7) is 1.22. The minimum atomic E-state index is 0.503. The molecule has 2 heterocycles. The molecule has 0 spiro atoms. The Labute approximate surface area is 98.1 Å². The molecule has 5 heteroatoms. The van der Waals surface area contributed by atoms with Crippen molar-refractivity contribution in [1.29, 1.82) is 0 Å². The molecular formula is C10H9ClN2OS. The van der Waals surface area contributed by atoms with Gasteiger partial charge in [0.1, 0.15) is 11.8 Å². The Balaban J connectivity index is 1.91. The van der Waals surface area contributed by atoms with E-state index in [2.05, 4.69) is 10.3 Å². The summed E-state index contributed by atoms with van der Waals surface area (Å²) in [5.41, 5.74) is 2.06. The first-order chi connectivity index (χ1) is 7.24. The summed E-state index contributed by atoms with van der Waals surface area (Å²) < 4.78 is 5.11. The van der Waals surface area contributed by atoms with Crippen LogP contribution in [0.4, 0.5) is 0 Å². The molecule has 0 aromatic carbocycles. The molecule has 1 N–H and O–H groups in total. The quantitative estimate of drug-likeness (QED) is 0.648. The number of hydrogen-bond acceptors (Lipinski definition) is 4. The van der Waals surface area contributed by atoms with Gasteiger partial charge in [-0.05, 0) is 23.8 Å². The van der Waals surface area contributed by atoms with Gasteiger partial charge in [-0.15, -0.1) is 0 Å². The van der Waals surface area contributed by atoms with E-state index in [1.54, 1.807) is 12.3 Å². The van der Waals surface area contributed by atoms with E-state index in [1.165, 1.54) is 0 Å². The zero-order chi connectivity index (χ0) is 10.7. The summed E-state index contributed by atoms with van der Waals surface area (Å²) in [5, 5.41) is 4.25. The number of nitrogens with zero attached hydrogens (tertiary/aromatic N) is 1. The fraction of sp³-hybridized carbons (Fsp3) is 0.200. The molecule has 1 aliphatic rings. The molecular weight excluding hydrogens is 232 g/mol. The van der Waals surface area contributed by atoms with Crippen LogP contribution in [0, 0.1) is 0 Å². The average molecular weight is 241 g/mol. The van der Waals surface area contributed by atoms with Crippen molar-refractivity contribution in [2.75, 3.05) is 6.61 Å². The lowest BCUT2D eigenvalue weighted by Crippen LogP contribution is -2.13. The van der Waals surface area contributed by atoms with Gasteiger partial charge in [-0.3, -0.25) is 0 Å². The van der Waals surface area contributed by atoms with E-state index in [-0.39, 0.29) is 0 Å². The number of aromatic nitrogens is 1. The van der Waals surface area contributed by atoms with Gasteiger partial charge < -0.3 is 10.1 Å². The van der Waals surface area contributed by atoms with Crippen molar-refractivity contribution in [1.82, 2.24) is 10.3 Å². The van der Waals surface area contributed by atoms with E-state index in [0.717, 1.165) is 11.3 Å². The van der Waals surface area contributed by atoms with Gasteiger partial charge in [-0.2, -0.15) is 0 Å². The molecule has 0 saturated carbocycles. The topological polar surface area (TPSA) is 34.2 Å². The molecule has 0 bridgehead atoms. The Bertz CT molecular complexity index is 402. The van der Waals surface area contributed by atoms with Crippen molar-refractivity contribution in [3.8, 4) is 0 Å². The highest BCUT2D eigenvalue weighted by Gasteiger charge is 2.08. The van der Waals surface area contributed by atoms with Gasteiger partial charge >= 0.3 is 0 Å². The molecule has 1 aromatic rings. The first-order valence-corrected chi connectivity index (χ1v) is 5.24. The SMILES string of the molecule is S=C1C=C(NCc2ccc(Cl)nc2)CO1. The zero-order valence-electron chi connectivity index (χ0n) is 7.87. The summed E-state index contributed by atoms with van der Waals surface area (Å²) in [6.07, 6.45) is 3.56. The number of nitrogens with one attached hydrogen (secondary N) is 1. The van der Waals surface area contributed by atoms with Crippen molar-refractivity contribution in [2.45, 2.75) is 6.54 Å². The fourth-order valence-electron chi connectivity index (χ4n) is 1.20. The van der Waals surface area contributed by atoms with Gasteiger partial charge in [0, 0.05) is 18.8 Å². The highest BCUT2D eigenvalue weighted by atomic mass is 35.5. The molecule has 0 saturated heterocycles. The third-order valence-electron chi connectivity index (χ3n) is 1.97. The smallest absolute Gasteiger partial charge is 0.186 e. The number of thiocarbonyl (C=S) groups is 1. The standard InChI is InChI=1S/C10H9ClN2OS/c11-9-2-1-7(5-13-9)4-12-8-3-10(15)14-6-8/h1-3,5,12H,4,6H2. The van der Waals surface area contributed by atoms with Crippen LogP contribution in [0.25, 0.3) is 0 Å². The lowest BCUT2D eigenvalue weighted by atomic mass is 10.3. The first kappa shape index (κ1) is 10.4. The number of halogens is 1. The maximum absolute atomic E-state index is 5.68. The van der Waals surface area contributed by atoms with Crippen molar-refractivity contribution in [2.24, 2.45) is 0 Å². The molecule has 3 nitrogen and oxygen atoms in total. The second kappa shape index (κ2) is 4.59. The zero-order valence-corrected chi connectivity index (χ0v) is 9.44. The molecule has 0 unspecified atom stereocenters. The summed E-state index contributed by atoms with van der Waals surface area (Å²) in [5.74, 6) is 0. The third kappa shape index (κ3) is 2.91. The minimum absolute atomic E-state index is 0.503. The maximum atomic E-state index is 5.68. The van der Waals surface area contributed by atoms with Crippen LogP contribution in [0.3, 0.4) is 0 Å². The second-order valence-corrected chi connectivity index (χ2v) is 3.91. The van der Waals surface area contributed by atoms with Gasteiger partial charge in [0.15, 0.2) is 5.05 Å². The van der Waals surface area contributed by atoms with Crippen LogP contribution in [0.5, 0.6) is 0 Å². The molecule has 0 radical (unpaired) electrons. The Morgan fingerprint density at radius 2 is 2.40 bits per heavy atom. The van der Waals surface area contributed by atoms with E-state index < -0.39 is 0 Å². The predicted molar refractivity (Wildman–Crippen MR) is 62.7 cm³/mol. The molecule has 2 rings (SSSR count). The molecule has 15 heavy (non-hydrogen) atoms. The van der Waals surface area contributed by atoms with Gasteiger partial charge in [-0.25, -0.2) is 4.98 Å². The molecule has 1 aliphatic heterocycles. The van der Waals surface area contributed by atoms with Crippen molar-refractivity contribution < 1.29 is 4.74 Å². The normalized spacial score (nSPS) is 14.7. The molecule has 0 amide bonds. The maximum Gasteiger partial charge on any atom is 0.186 e. The van der Waals surface area contributed by atoms with Crippen molar-refractivity contribution in [3.05, 3.63) is 40.8 Å². The predicted octanol–water partition coefficient (Wildman–Crippen LogP) is 2.07. The van der Waals surface area contributed by atoms with Crippen molar-refractivity contribution >= 4 is 28.9 Å². The fourth-order valence-corrected chi connectivity index (χ4v) is 1.52. The Hall–Kier alpha value is -1.13. The largest absolute Gasteiger partial charge is 0.477 e. The van der Waals surface area contributed by atoms with E-state index in [9.17, 15) is 0 Å².